The molecule has 0 aromatic heterocycles. The Hall–Kier alpha value is -2.62. The molecule has 8 nitrogen and oxygen atoms in total. The third kappa shape index (κ3) is 4.58. The summed E-state index contributed by atoms with van der Waals surface area (Å²) in [6.45, 7) is 4.18. The summed E-state index contributed by atoms with van der Waals surface area (Å²) in [6, 6.07) is 16.3. The molecule has 0 spiro atoms. The minimum Gasteiger partial charge on any atom is -0.379 e. The van der Waals surface area contributed by atoms with Crippen molar-refractivity contribution in [2.45, 2.75) is 4.90 Å². The summed E-state index contributed by atoms with van der Waals surface area (Å²) in [5.74, 6) is 0. The maximum Gasteiger partial charge on any atom is 0.321 e. The molecule has 1 N–H and O–H groups in total. The Balaban J connectivity index is 1.38. The van der Waals surface area contributed by atoms with Crippen molar-refractivity contribution in [2.24, 2.45) is 0 Å². The molecule has 2 saturated heterocycles. The van der Waals surface area contributed by atoms with Crippen molar-refractivity contribution >= 4 is 27.4 Å². The van der Waals surface area contributed by atoms with E-state index in [-0.39, 0.29) is 10.9 Å². The Bertz CT molecular complexity index is 970. The topological polar surface area (TPSA) is 82.2 Å². The molecule has 2 fully saturated rings. The molecule has 0 bridgehead atoms. The first-order valence-electron chi connectivity index (χ1n) is 10.1. The Morgan fingerprint density at radius 3 is 2.27 bits per heavy atom. The van der Waals surface area contributed by atoms with Crippen molar-refractivity contribution in [1.82, 2.24) is 9.21 Å². The minimum atomic E-state index is -3.60. The zero-order valence-electron chi connectivity index (χ0n) is 16.7. The molecule has 0 radical (unpaired) electrons. The van der Waals surface area contributed by atoms with Crippen LogP contribution < -0.4 is 10.2 Å². The van der Waals surface area contributed by atoms with E-state index in [0.717, 1.165) is 18.8 Å². The second-order valence-electron chi connectivity index (χ2n) is 7.28. The van der Waals surface area contributed by atoms with Gasteiger partial charge in [-0.15, -0.1) is 0 Å². The number of morpholine rings is 1. The van der Waals surface area contributed by atoms with Crippen molar-refractivity contribution in [3.05, 3.63) is 54.6 Å². The van der Waals surface area contributed by atoms with Crippen LogP contribution >= 0.6 is 0 Å². The highest BCUT2D eigenvalue weighted by Gasteiger charge is 2.27. The molecule has 160 valence electrons. The molecular formula is C21H26N4O4S. The Labute approximate surface area is 177 Å². The first-order chi connectivity index (χ1) is 14.5. The van der Waals surface area contributed by atoms with Crippen molar-refractivity contribution < 1.29 is 17.9 Å². The fourth-order valence-corrected chi connectivity index (χ4v) is 5.13. The number of carbonyl (C=O) groups excluding carboxylic acids is 1. The van der Waals surface area contributed by atoms with E-state index < -0.39 is 10.0 Å². The molecule has 4 rings (SSSR count). The minimum absolute atomic E-state index is 0.177. The molecule has 0 aliphatic carbocycles. The lowest BCUT2D eigenvalue weighted by atomic mass is 10.2. The number of hydrogen-bond donors (Lipinski definition) is 1. The number of para-hydroxylation sites is 1. The normalized spacial score (nSPS) is 18.3. The van der Waals surface area contributed by atoms with E-state index in [4.69, 9.17) is 4.74 Å². The summed E-state index contributed by atoms with van der Waals surface area (Å²) >= 11 is 0. The van der Waals surface area contributed by atoms with E-state index in [9.17, 15) is 13.2 Å². The zero-order valence-corrected chi connectivity index (χ0v) is 17.6. The first kappa shape index (κ1) is 20.6. The molecule has 2 aliphatic heterocycles. The average Bonchev–Trinajstić information content (AvgIpc) is 2.80. The van der Waals surface area contributed by atoms with Crippen molar-refractivity contribution in [3.63, 3.8) is 0 Å². The summed E-state index contributed by atoms with van der Waals surface area (Å²) in [5.41, 5.74) is 1.62. The molecule has 2 heterocycles. The van der Waals surface area contributed by atoms with Crippen LogP contribution in [0.25, 0.3) is 0 Å². The van der Waals surface area contributed by atoms with Gasteiger partial charge in [0.2, 0.25) is 10.0 Å². The van der Waals surface area contributed by atoms with Gasteiger partial charge in [0.15, 0.2) is 0 Å². The predicted octanol–water partition coefficient (Wildman–Crippen LogP) is 2.06. The van der Waals surface area contributed by atoms with Gasteiger partial charge in [-0.25, -0.2) is 13.2 Å². The van der Waals surface area contributed by atoms with E-state index in [1.807, 2.05) is 18.2 Å². The number of hydrogen-bond acceptors (Lipinski definition) is 5. The molecule has 9 heteroatoms. The molecular weight excluding hydrogens is 404 g/mol. The van der Waals surface area contributed by atoms with E-state index in [1.165, 1.54) is 10.4 Å². The standard InChI is InChI=1S/C21H26N4O4S/c26-21(24-11-9-23(10-12-24)19-6-2-1-3-7-19)22-18-5-4-8-20(17-18)30(27,28)25-13-15-29-16-14-25/h1-8,17H,9-16H2,(H,22,26). The van der Waals surface area contributed by atoms with Crippen molar-refractivity contribution in [2.75, 3.05) is 62.7 Å². The van der Waals surface area contributed by atoms with Crippen molar-refractivity contribution in [3.8, 4) is 0 Å². The largest absolute Gasteiger partial charge is 0.379 e. The third-order valence-corrected chi connectivity index (χ3v) is 7.28. The highest BCUT2D eigenvalue weighted by molar-refractivity contribution is 7.89. The zero-order chi connectivity index (χ0) is 21.0. The number of ether oxygens (including phenoxy) is 1. The smallest absolute Gasteiger partial charge is 0.321 e. The van der Waals surface area contributed by atoms with Gasteiger partial charge < -0.3 is 19.9 Å². The quantitative estimate of drug-likeness (QED) is 0.803. The number of urea groups is 1. The molecule has 2 aliphatic rings. The van der Waals surface area contributed by atoms with E-state index in [0.29, 0.717) is 45.1 Å². The highest BCUT2D eigenvalue weighted by Crippen LogP contribution is 2.21. The number of sulfonamides is 1. The maximum atomic E-state index is 12.8. The van der Waals surface area contributed by atoms with Crippen LogP contribution in [0.1, 0.15) is 0 Å². The van der Waals surface area contributed by atoms with E-state index >= 15 is 0 Å². The maximum absolute atomic E-state index is 12.8. The monoisotopic (exact) mass is 430 g/mol. The molecule has 2 amide bonds. The van der Waals surface area contributed by atoms with Gasteiger partial charge in [0, 0.05) is 50.6 Å². The number of piperazine rings is 1. The number of rotatable bonds is 4. The van der Waals surface area contributed by atoms with Crippen LogP contribution in [-0.4, -0.2) is 76.1 Å². The predicted molar refractivity (Wildman–Crippen MR) is 115 cm³/mol. The van der Waals surface area contributed by atoms with Gasteiger partial charge in [-0.3, -0.25) is 0 Å². The van der Waals surface area contributed by atoms with Gasteiger partial charge >= 0.3 is 6.03 Å². The van der Waals surface area contributed by atoms with Crippen LogP contribution in [0.3, 0.4) is 0 Å². The van der Waals surface area contributed by atoms with Crippen LogP contribution in [0, 0.1) is 0 Å². The second kappa shape index (κ2) is 9.03. The van der Waals surface area contributed by atoms with Crippen LogP contribution in [0.4, 0.5) is 16.2 Å². The number of anilines is 2. The Kier molecular flexibility index (Phi) is 6.21. The molecule has 0 unspecified atom stereocenters. The molecule has 0 saturated carbocycles. The van der Waals surface area contributed by atoms with Gasteiger partial charge in [-0.05, 0) is 30.3 Å². The summed E-state index contributed by atoms with van der Waals surface area (Å²) in [7, 11) is -3.60. The van der Waals surface area contributed by atoms with Gasteiger partial charge in [0.1, 0.15) is 0 Å². The SMILES string of the molecule is O=C(Nc1cccc(S(=O)(=O)N2CCOCC2)c1)N1CCN(c2ccccc2)CC1. The lowest BCUT2D eigenvalue weighted by molar-refractivity contribution is 0.0730. The van der Waals surface area contributed by atoms with E-state index in [2.05, 4.69) is 22.3 Å². The van der Waals surface area contributed by atoms with Gasteiger partial charge in [0.05, 0.1) is 18.1 Å². The van der Waals surface area contributed by atoms with Gasteiger partial charge in [0.25, 0.3) is 0 Å². The summed E-state index contributed by atoms with van der Waals surface area (Å²) < 4.78 is 32.3. The lowest BCUT2D eigenvalue weighted by Gasteiger charge is -2.36. The van der Waals surface area contributed by atoms with Gasteiger partial charge in [-0.2, -0.15) is 4.31 Å². The summed E-state index contributed by atoms with van der Waals surface area (Å²) in [5, 5.41) is 2.84. The van der Waals surface area contributed by atoms with Crippen molar-refractivity contribution in [1.29, 1.82) is 0 Å². The first-order valence-corrected chi connectivity index (χ1v) is 11.5. The highest BCUT2D eigenvalue weighted by atomic mass is 32.2. The number of benzene rings is 2. The fourth-order valence-electron chi connectivity index (χ4n) is 3.68. The summed E-state index contributed by atoms with van der Waals surface area (Å²) in [4.78, 5) is 16.9. The Morgan fingerprint density at radius 2 is 1.57 bits per heavy atom. The Morgan fingerprint density at radius 1 is 0.867 bits per heavy atom. The fraction of sp³-hybridized carbons (Fsp3) is 0.381. The third-order valence-electron chi connectivity index (χ3n) is 5.38. The molecule has 30 heavy (non-hydrogen) atoms. The second-order valence-corrected chi connectivity index (χ2v) is 9.22. The van der Waals surface area contributed by atoms with E-state index in [1.54, 1.807) is 23.1 Å². The average molecular weight is 431 g/mol. The van der Waals surface area contributed by atoms with Crippen LogP contribution in [0.15, 0.2) is 59.5 Å². The number of nitrogens with one attached hydrogen (secondary N) is 1. The molecule has 2 aromatic rings. The van der Waals surface area contributed by atoms with Crippen LogP contribution in [0.5, 0.6) is 0 Å². The lowest BCUT2D eigenvalue weighted by Crippen LogP contribution is -2.50. The molecule has 2 aromatic carbocycles. The molecule has 0 atom stereocenters. The van der Waals surface area contributed by atoms with Crippen LogP contribution in [0.2, 0.25) is 0 Å². The number of carbonyl (C=O) groups is 1. The van der Waals surface area contributed by atoms with Gasteiger partial charge in [-0.1, -0.05) is 24.3 Å². The van der Waals surface area contributed by atoms with Crippen LogP contribution in [-0.2, 0) is 14.8 Å². The summed E-state index contributed by atoms with van der Waals surface area (Å²) in [6.07, 6.45) is 0. The number of amides is 2. The number of nitrogens with zero attached hydrogens (tertiary/aromatic N) is 3.